The number of fused-ring (bicyclic) bond motifs is 1. The minimum absolute atomic E-state index is 0.194. The zero-order valence-electron chi connectivity index (χ0n) is 24.4. The lowest BCUT2D eigenvalue weighted by atomic mass is 9.51. The molecule has 5 aliphatic rings. The molecule has 3 N–H and O–H groups in total. The summed E-state index contributed by atoms with van der Waals surface area (Å²) >= 11 is 6.21. The normalized spacial score (nSPS) is 30.0. The second-order valence-electron chi connectivity index (χ2n) is 14.3. The fraction of sp³-hybridized carbons (Fsp3) is 0.645. The van der Waals surface area contributed by atoms with E-state index in [0.29, 0.717) is 47.9 Å². The molecule has 4 fully saturated rings. The number of rotatable bonds is 5. The molecule has 2 amide bonds. The van der Waals surface area contributed by atoms with Crippen molar-refractivity contribution in [1.82, 2.24) is 25.1 Å². The van der Waals surface area contributed by atoms with Crippen molar-refractivity contribution in [2.75, 3.05) is 13.6 Å². The van der Waals surface area contributed by atoms with E-state index in [2.05, 4.69) is 20.5 Å². The second kappa shape index (κ2) is 10.1. The van der Waals surface area contributed by atoms with Gasteiger partial charge < -0.3 is 25.2 Å². The molecule has 4 bridgehead atoms. The van der Waals surface area contributed by atoms with E-state index in [1.807, 2.05) is 32.4 Å². The van der Waals surface area contributed by atoms with Crippen molar-refractivity contribution in [2.45, 2.75) is 96.0 Å². The van der Waals surface area contributed by atoms with Crippen LogP contribution < -0.4 is 10.6 Å². The van der Waals surface area contributed by atoms with Crippen LogP contribution in [-0.2, 0) is 17.9 Å². The molecule has 2 aromatic rings. The van der Waals surface area contributed by atoms with Crippen molar-refractivity contribution in [3.63, 3.8) is 0 Å². The Labute approximate surface area is 246 Å². The van der Waals surface area contributed by atoms with Crippen LogP contribution in [0.5, 0.6) is 0 Å². The van der Waals surface area contributed by atoms with E-state index in [4.69, 9.17) is 11.6 Å². The lowest BCUT2D eigenvalue weighted by molar-refractivity contribution is -0.152. The van der Waals surface area contributed by atoms with E-state index in [9.17, 15) is 19.1 Å². The summed E-state index contributed by atoms with van der Waals surface area (Å²) in [5.41, 5.74) is -0.604. The van der Waals surface area contributed by atoms with Gasteiger partial charge in [0, 0.05) is 23.7 Å². The average Bonchev–Trinajstić information content (AvgIpc) is 3.07. The quantitative estimate of drug-likeness (QED) is 0.479. The smallest absolute Gasteiger partial charge is 0.272 e. The number of carbonyl (C=O) groups excluding carboxylic acids is 2. The largest absolute Gasteiger partial charge is 0.390 e. The molecule has 8 nitrogen and oxygen atoms in total. The van der Waals surface area contributed by atoms with E-state index in [1.54, 1.807) is 0 Å². The van der Waals surface area contributed by atoms with Gasteiger partial charge in [-0.1, -0.05) is 32.4 Å². The molecule has 0 unspecified atom stereocenters. The third-order valence-corrected chi connectivity index (χ3v) is 9.86. The van der Waals surface area contributed by atoms with E-state index < -0.39 is 34.3 Å². The molecule has 5 atom stereocenters. The minimum atomic E-state index is -0.829. The summed E-state index contributed by atoms with van der Waals surface area (Å²) in [7, 11) is 1.98. The number of nitrogens with one attached hydrogen (secondary N) is 2. The van der Waals surface area contributed by atoms with Crippen LogP contribution in [0.1, 0.15) is 81.9 Å². The summed E-state index contributed by atoms with van der Waals surface area (Å²) in [6.45, 7) is 7.66. The fourth-order valence-electron chi connectivity index (χ4n) is 8.35. The molecule has 1 aromatic carbocycles. The molecule has 41 heavy (non-hydrogen) atoms. The summed E-state index contributed by atoms with van der Waals surface area (Å²) in [5, 5.41) is 17.9. The van der Waals surface area contributed by atoms with Crippen LogP contribution in [0.3, 0.4) is 0 Å². The van der Waals surface area contributed by atoms with Crippen LogP contribution in [0, 0.1) is 23.1 Å². The molecule has 10 heteroatoms. The third kappa shape index (κ3) is 5.41. The van der Waals surface area contributed by atoms with Gasteiger partial charge in [0.15, 0.2) is 5.69 Å². The van der Waals surface area contributed by atoms with Crippen LogP contribution in [0.4, 0.5) is 4.39 Å². The maximum absolute atomic E-state index is 15.0. The maximum atomic E-state index is 15.0. The Kier molecular flexibility index (Phi) is 7.02. The molecule has 4 saturated carbocycles. The summed E-state index contributed by atoms with van der Waals surface area (Å²) < 4.78 is 16.9. The molecule has 4 aliphatic carbocycles. The van der Waals surface area contributed by atoms with Crippen LogP contribution in [-0.4, -0.2) is 62.1 Å². The van der Waals surface area contributed by atoms with Crippen molar-refractivity contribution in [2.24, 2.45) is 17.3 Å². The predicted molar refractivity (Wildman–Crippen MR) is 155 cm³/mol. The van der Waals surface area contributed by atoms with Crippen LogP contribution >= 0.6 is 11.6 Å². The lowest BCUT2D eigenvalue weighted by Gasteiger charge is -2.60. The molecular weight excluding hydrogens is 545 g/mol. The van der Waals surface area contributed by atoms with Crippen molar-refractivity contribution in [3.8, 4) is 11.4 Å². The van der Waals surface area contributed by atoms with Crippen LogP contribution in [0.25, 0.3) is 11.4 Å². The predicted octanol–water partition coefficient (Wildman–Crippen LogP) is 4.52. The zero-order valence-corrected chi connectivity index (χ0v) is 25.2. The Hall–Kier alpha value is -2.49. The molecular formula is C31H41ClFN5O3. The Morgan fingerprint density at radius 3 is 2.54 bits per heavy atom. The van der Waals surface area contributed by atoms with Gasteiger partial charge in [-0.2, -0.15) is 0 Å². The van der Waals surface area contributed by atoms with E-state index >= 15 is 0 Å². The maximum Gasteiger partial charge on any atom is 0.272 e. The number of benzene rings is 1. The first-order valence-corrected chi connectivity index (χ1v) is 15.2. The molecule has 0 radical (unpaired) electrons. The molecule has 1 aliphatic heterocycles. The number of aromatic nitrogens is 2. The van der Waals surface area contributed by atoms with Gasteiger partial charge in [0.1, 0.15) is 17.7 Å². The number of imidazole rings is 1. The van der Waals surface area contributed by atoms with E-state index in [0.717, 1.165) is 45.1 Å². The number of hydrogen-bond acceptors (Lipinski definition) is 5. The summed E-state index contributed by atoms with van der Waals surface area (Å²) in [4.78, 5) is 34.7. The molecule has 2 heterocycles. The minimum Gasteiger partial charge on any atom is -0.390 e. The van der Waals surface area contributed by atoms with Gasteiger partial charge in [-0.3, -0.25) is 9.59 Å². The second-order valence-corrected chi connectivity index (χ2v) is 14.8. The Bertz CT molecular complexity index is 1370. The van der Waals surface area contributed by atoms with Crippen LogP contribution in [0.15, 0.2) is 18.2 Å². The number of halogens is 2. The zero-order chi connectivity index (χ0) is 29.3. The Balaban J connectivity index is 1.31. The van der Waals surface area contributed by atoms with Crippen molar-refractivity contribution >= 4 is 23.4 Å². The lowest BCUT2D eigenvalue weighted by Crippen LogP contribution is -2.68. The molecule has 7 rings (SSSR count). The highest BCUT2D eigenvalue weighted by atomic mass is 35.5. The van der Waals surface area contributed by atoms with Crippen LogP contribution in [0.2, 0.25) is 5.02 Å². The number of carbonyl (C=O) groups is 2. The van der Waals surface area contributed by atoms with Crippen molar-refractivity contribution < 1.29 is 19.1 Å². The fourth-order valence-corrected chi connectivity index (χ4v) is 8.52. The monoisotopic (exact) mass is 585 g/mol. The first kappa shape index (κ1) is 28.6. The van der Waals surface area contributed by atoms with Gasteiger partial charge in [-0.05, 0) is 94.0 Å². The molecule has 0 saturated heterocycles. The molecule has 0 spiro atoms. The van der Waals surface area contributed by atoms with Gasteiger partial charge in [-0.25, -0.2) is 9.37 Å². The van der Waals surface area contributed by atoms with E-state index in [-0.39, 0.29) is 17.2 Å². The topological polar surface area (TPSA) is 99.5 Å². The highest BCUT2D eigenvalue weighted by Crippen LogP contribution is 2.57. The number of nitrogens with zero attached hydrogens (tertiary/aromatic N) is 3. The Morgan fingerprint density at radius 1 is 1.17 bits per heavy atom. The highest BCUT2D eigenvalue weighted by Gasteiger charge is 2.58. The van der Waals surface area contributed by atoms with Gasteiger partial charge in [0.2, 0.25) is 5.91 Å². The summed E-state index contributed by atoms with van der Waals surface area (Å²) in [6, 6.07) is 3.50. The summed E-state index contributed by atoms with van der Waals surface area (Å²) in [6.07, 6.45) is 5.88. The standard InChI is InChI=1S/C31H41ClFN5O3/c1-29(2,3)25(28(40)36-30-12-18-10-19(13-30)15-31(41,14-18)17-30)35-27(39)24-23-16-37(4)8-5-9-38(23)26(34-24)21-11-20(32)6-7-22(21)33/h6-7,11,18-19,25,41H,5,8-10,12-17H2,1-4H3,(H,35,39)(H,36,40)/t18-,19+,25-,30-,31-/m1/s1. The van der Waals surface area contributed by atoms with Crippen molar-refractivity contribution in [1.29, 1.82) is 0 Å². The third-order valence-electron chi connectivity index (χ3n) is 9.62. The number of aliphatic hydroxyl groups is 1. The van der Waals surface area contributed by atoms with Gasteiger partial charge >= 0.3 is 0 Å². The first-order valence-electron chi connectivity index (χ1n) is 14.8. The van der Waals surface area contributed by atoms with Gasteiger partial charge in [0.25, 0.3) is 5.91 Å². The molecule has 222 valence electrons. The number of amides is 2. The summed E-state index contributed by atoms with van der Waals surface area (Å²) in [5.74, 6) is 0.0480. The van der Waals surface area contributed by atoms with Gasteiger partial charge in [-0.15, -0.1) is 0 Å². The SMILES string of the molecule is CN1CCCn2c(-c3cc(Cl)ccc3F)nc(C(=O)N[C@H](C(=O)N[C@]34C[C@@H]5C[C@@H](C[C@@](O)(C5)C3)C4)C(C)(C)C)c2C1. The first-order chi connectivity index (χ1) is 19.2. The van der Waals surface area contributed by atoms with E-state index in [1.165, 1.54) is 18.2 Å². The Morgan fingerprint density at radius 2 is 1.88 bits per heavy atom. The number of hydrogen-bond donors (Lipinski definition) is 3. The van der Waals surface area contributed by atoms with Crippen molar-refractivity contribution in [3.05, 3.63) is 40.4 Å². The van der Waals surface area contributed by atoms with Gasteiger partial charge in [0.05, 0.1) is 16.9 Å². The molecule has 1 aromatic heterocycles. The average molecular weight is 586 g/mol. The highest BCUT2D eigenvalue weighted by molar-refractivity contribution is 6.30.